The van der Waals surface area contributed by atoms with E-state index in [4.69, 9.17) is 9.47 Å². The Labute approximate surface area is 136 Å². The summed E-state index contributed by atoms with van der Waals surface area (Å²) < 4.78 is 13.0. The lowest BCUT2D eigenvalue weighted by atomic mass is 9.94. The van der Waals surface area contributed by atoms with Crippen LogP contribution in [0.5, 0.6) is 0 Å². The van der Waals surface area contributed by atoms with Crippen molar-refractivity contribution in [2.75, 3.05) is 20.2 Å². The molecule has 3 unspecified atom stereocenters. The van der Waals surface area contributed by atoms with Crippen molar-refractivity contribution in [3.8, 4) is 0 Å². The van der Waals surface area contributed by atoms with Gasteiger partial charge in [-0.05, 0) is 49.9 Å². The number of ether oxygens (including phenoxy) is 2. The van der Waals surface area contributed by atoms with Crippen molar-refractivity contribution in [2.24, 2.45) is 0 Å². The third-order valence-corrected chi connectivity index (χ3v) is 4.56. The van der Waals surface area contributed by atoms with E-state index in [1.807, 2.05) is 0 Å². The van der Waals surface area contributed by atoms with E-state index >= 15 is 0 Å². The number of likely N-dealkylation sites (N-methyl/N-ethyl adjacent to an activating group) is 1. The van der Waals surface area contributed by atoms with Crippen molar-refractivity contribution in [1.29, 1.82) is 0 Å². The summed E-state index contributed by atoms with van der Waals surface area (Å²) >= 11 is 3.55. The number of benzene rings is 1. The Balaban J connectivity index is 2.02. The van der Waals surface area contributed by atoms with Crippen LogP contribution in [0, 0.1) is 0 Å². The van der Waals surface area contributed by atoms with Crippen molar-refractivity contribution >= 4 is 15.9 Å². The highest BCUT2D eigenvalue weighted by Crippen LogP contribution is 2.29. The summed E-state index contributed by atoms with van der Waals surface area (Å²) in [6.07, 6.45) is 5.24. The van der Waals surface area contributed by atoms with Crippen LogP contribution < -0.4 is 5.32 Å². The van der Waals surface area contributed by atoms with Crippen LogP contribution in [0.2, 0.25) is 0 Å². The minimum absolute atomic E-state index is 0.100. The van der Waals surface area contributed by atoms with Gasteiger partial charge in [-0.25, -0.2) is 0 Å². The van der Waals surface area contributed by atoms with Gasteiger partial charge in [0.2, 0.25) is 0 Å². The van der Waals surface area contributed by atoms with Crippen molar-refractivity contribution in [3.05, 3.63) is 34.3 Å². The van der Waals surface area contributed by atoms with E-state index in [0.29, 0.717) is 12.2 Å². The minimum atomic E-state index is 0.100. The number of nitrogens with one attached hydrogen (secondary N) is 1. The number of methoxy groups -OCH3 is 1. The molecule has 0 aromatic heterocycles. The monoisotopic (exact) mass is 355 g/mol. The minimum Gasteiger partial charge on any atom is -0.381 e. The average molecular weight is 356 g/mol. The van der Waals surface area contributed by atoms with Crippen molar-refractivity contribution < 1.29 is 9.47 Å². The van der Waals surface area contributed by atoms with Gasteiger partial charge in [-0.15, -0.1) is 0 Å². The summed E-state index contributed by atoms with van der Waals surface area (Å²) in [5, 5.41) is 3.41. The zero-order valence-corrected chi connectivity index (χ0v) is 14.6. The zero-order chi connectivity index (χ0) is 15.1. The van der Waals surface area contributed by atoms with Gasteiger partial charge in [0.25, 0.3) is 0 Å². The molecule has 0 amide bonds. The molecule has 1 aliphatic carbocycles. The topological polar surface area (TPSA) is 30.5 Å². The Morgan fingerprint density at radius 1 is 1.33 bits per heavy atom. The van der Waals surface area contributed by atoms with Gasteiger partial charge in [0.15, 0.2) is 0 Å². The predicted octanol–water partition coefficient (Wildman–Crippen LogP) is 4.07. The Morgan fingerprint density at radius 2 is 2.14 bits per heavy atom. The molecule has 1 saturated carbocycles. The van der Waals surface area contributed by atoms with Crippen LogP contribution in [0.1, 0.15) is 44.3 Å². The molecule has 4 heteroatoms. The summed E-state index contributed by atoms with van der Waals surface area (Å²) in [5.41, 5.74) is 1.23. The molecular weight excluding hydrogens is 330 g/mol. The lowest BCUT2D eigenvalue weighted by Crippen LogP contribution is -2.32. The molecule has 2 rings (SSSR count). The average Bonchev–Trinajstić information content (AvgIpc) is 2.51. The molecule has 0 radical (unpaired) electrons. The molecule has 1 aliphatic rings. The highest BCUT2D eigenvalue weighted by atomic mass is 79.9. The molecule has 0 heterocycles. The number of hydrogen-bond acceptors (Lipinski definition) is 3. The first-order valence-electron chi connectivity index (χ1n) is 7.87. The smallest absolute Gasteiger partial charge is 0.0953 e. The van der Waals surface area contributed by atoms with Crippen LogP contribution in [0.3, 0.4) is 0 Å². The molecule has 3 atom stereocenters. The summed E-state index contributed by atoms with van der Waals surface area (Å²) in [4.78, 5) is 0. The SMILES string of the molecule is CCNCC(OC1CCCC(OC)C1)c1cccc(Br)c1. The van der Waals surface area contributed by atoms with Gasteiger partial charge in [0.1, 0.15) is 0 Å². The molecule has 21 heavy (non-hydrogen) atoms. The van der Waals surface area contributed by atoms with Gasteiger partial charge in [0, 0.05) is 18.1 Å². The highest BCUT2D eigenvalue weighted by molar-refractivity contribution is 9.10. The number of rotatable bonds is 7. The largest absolute Gasteiger partial charge is 0.381 e. The summed E-state index contributed by atoms with van der Waals surface area (Å²) in [6.45, 7) is 3.93. The van der Waals surface area contributed by atoms with Crippen LogP contribution in [-0.4, -0.2) is 32.4 Å². The molecular formula is C17H26BrNO2. The molecule has 0 spiro atoms. The fraction of sp³-hybridized carbons (Fsp3) is 0.647. The standard InChI is InChI=1S/C17H26BrNO2/c1-3-19-12-17(13-6-4-7-14(18)10-13)21-16-9-5-8-15(11-16)20-2/h4,6-7,10,15-17,19H,3,5,8-9,11-12H2,1-2H3. The van der Waals surface area contributed by atoms with Gasteiger partial charge < -0.3 is 14.8 Å². The van der Waals surface area contributed by atoms with Gasteiger partial charge in [-0.1, -0.05) is 35.0 Å². The van der Waals surface area contributed by atoms with Crippen LogP contribution in [0.15, 0.2) is 28.7 Å². The second kappa shape index (κ2) is 8.89. The summed E-state index contributed by atoms with van der Waals surface area (Å²) in [5.74, 6) is 0. The molecule has 118 valence electrons. The molecule has 3 nitrogen and oxygen atoms in total. The van der Waals surface area contributed by atoms with Gasteiger partial charge in [0.05, 0.1) is 18.3 Å². The Bertz CT molecular complexity index is 427. The Morgan fingerprint density at radius 3 is 2.86 bits per heavy atom. The van der Waals surface area contributed by atoms with E-state index in [1.165, 1.54) is 12.0 Å². The van der Waals surface area contributed by atoms with Gasteiger partial charge >= 0.3 is 0 Å². The lowest BCUT2D eigenvalue weighted by molar-refractivity contribution is -0.0655. The second-order valence-electron chi connectivity index (χ2n) is 5.63. The van der Waals surface area contributed by atoms with Gasteiger partial charge in [-0.2, -0.15) is 0 Å². The summed E-state index contributed by atoms with van der Waals surface area (Å²) in [7, 11) is 1.80. The quantitative estimate of drug-likeness (QED) is 0.799. The molecule has 1 N–H and O–H groups in total. The Hall–Kier alpha value is -0.420. The maximum atomic E-state index is 6.40. The maximum absolute atomic E-state index is 6.40. The first kappa shape index (κ1) is 16.9. The van der Waals surface area contributed by atoms with Gasteiger partial charge in [-0.3, -0.25) is 0 Å². The highest BCUT2D eigenvalue weighted by Gasteiger charge is 2.25. The van der Waals surface area contributed by atoms with E-state index in [-0.39, 0.29) is 6.10 Å². The predicted molar refractivity (Wildman–Crippen MR) is 89.6 cm³/mol. The summed E-state index contributed by atoms with van der Waals surface area (Å²) in [6, 6.07) is 8.41. The van der Waals surface area contributed by atoms with E-state index in [9.17, 15) is 0 Å². The first-order chi connectivity index (χ1) is 10.2. The molecule has 0 bridgehead atoms. The fourth-order valence-corrected chi connectivity index (χ4v) is 3.32. The number of halogens is 1. The van der Waals surface area contributed by atoms with Crippen molar-refractivity contribution in [3.63, 3.8) is 0 Å². The van der Waals surface area contributed by atoms with E-state index in [0.717, 1.165) is 36.8 Å². The molecule has 1 aromatic rings. The fourth-order valence-electron chi connectivity index (χ4n) is 2.90. The third kappa shape index (κ3) is 5.37. The van der Waals surface area contributed by atoms with E-state index in [1.54, 1.807) is 7.11 Å². The molecule has 1 aromatic carbocycles. The van der Waals surface area contributed by atoms with Crippen LogP contribution in [0.4, 0.5) is 0 Å². The van der Waals surface area contributed by atoms with Crippen LogP contribution in [0.25, 0.3) is 0 Å². The molecule has 0 aliphatic heterocycles. The molecule has 0 saturated heterocycles. The van der Waals surface area contributed by atoms with Crippen molar-refractivity contribution in [1.82, 2.24) is 5.32 Å². The Kier molecular flexibility index (Phi) is 7.17. The first-order valence-corrected chi connectivity index (χ1v) is 8.66. The second-order valence-corrected chi connectivity index (χ2v) is 6.55. The van der Waals surface area contributed by atoms with E-state index in [2.05, 4.69) is 52.4 Å². The lowest BCUT2D eigenvalue weighted by Gasteiger charge is -2.31. The van der Waals surface area contributed by atoms with E-state index < -0.39 is 0 Å². The number of hydrogen-bond donors (Lipinski definition) is 1. The third-order valence-electron chi connectivity index (χ3n) is 4.07. The van der Waals surface area contributed by atoms with Crippen molar-refractivity contribution in [2.45, 2.75) is 50.9 Å². The molecule has 1 fully saturated rings. The van der Waals surface area contributed by atoms with Crippen LogP contribution in [-0.2, 0) is 9.47 Å². The normalized spacial score (nSPS) is 24.0. The van der Waals surface area contributed by atoms with Crippen LogP contribution >= 0.6 is 15.9 Å². The maximum Gasteiger partial charge on any atom is 0.0953 e. The zero-order valence-electron chi connectivity index (χ0n) is 13.0.